The highest BCUT2D eigenvalue weighted by atomic mass is 35.5. The van der Waals surface area contributed by atoms with E-state index in [0.29, 0.717) is 4.68 Å². The van der Waals surface area contributed by atoms with E-state index in [9.17, 15) is 18.0 Å². The van der Waals surface area contributed by atoms with Crippen LogP contribution in [0, 0.1) is 0 Å². The molecular formula is C9H10ClF3N4OS. The smallest absolute Gasteiger partial charge is 0.297 e. The standard InChI is InChI=1S/C9H10ClF3N4OS/c1-7(3-8(11,12)9(7,10)13)4-5(18)17(14)6(19-2)16-15-4/h3,14H2,1-2H3. The first kappa shape index (κ1) is 14.4. The molecule has 0 aliphatic heterocycles. The number of nitrogens with two attached hydrogens (primary N) is 1. The summed E-state index contributed by atoms with van der Waals surface area (Å²) in [7, 11) is 0. The van der Waals surface area contributed by atoms with Gasteiger partial charge in [0.1, 0.15) is 5.69 Å². The SMILES string of the molecule is CSc1nnc(C2(C)CC(F)(F)C2(F)Cl)c(=O)n1N. The number of hydrogen-bond acceptors (Lipinski definition) is 5. The fourth-order valence-corrected chi connectivity index (χ4v) is 2.69. The number of alkyl halides is 4. The van der Waals surface area contributed by atoms with Gasteiger partial charge in [0.25, 0.3) is 16.6 Å². The summed E-state index contributed by atoms with van der Waals surface area (Å²) in [6.07, 6.45) is 0.676. The Morgan fingerprint density at radius 2 is 2.00 bits per heavy atom. The van der Waals surface area contributed by atoms with Crippen LogP contribution in [0.2, 0.25) is 0 Å². The highest BCUT2D eigenvalue weighted by Gasteiger charge is 2.78. The summed E-state index contributed by atoms with van der Waals surface area (Å²) in [6.45, 7) is 1.10. The summed E-state index contributed by atoms with van der Waals surface area (Å²) >= 11 is 6.30. The van der Waals surface area contributed by atoms with Crippen LogP contribution in [0.25, 0.3) is 0 Å². The normalized spacial score (nSPS) is 32.9. The Labute approximate surface area is 115 Å². The van der Waals surface area contributed by atoms with E-state index >= 15 is 0 Å². The van der Waals surface area contributed by atoms with Crippen LogP contribution in [-0.4, -0.2) is 32.2 Å². The molecule has 0 aromatic carbocycles. The van der Waals surface area contributed by atoms with Crippen molar-refractivity contribution in [3.8, 4) is 0 Å². The molecule has 0 radical (unpaired) electrons. The third kappa shape index (κ3) is 1.67. The van der Waals surface area contributed by atoms with Crippen LogP contribution in [0.3, 0.4) is 0 Å². The van der Waals surface area contributed by atoms with E-state index in [2.05, 4.69) is 10.2 Å². The zero-order valence-corrected chi connectivity index (χ0v) is 11.5. The maximum atomic E-state index is 14.0. The van der Waals surface area contributed by atoms with Crippen LogP contribution in [0.5, 0.6) is 0 Å². The molecule has 0 saturated heterocycles. The molecule has 2 unspecified atom stereocenters. The lowest BCUT2D eigenvalue weighted by Crippen LogP contribution is -2.69. The molecule has 1 aliphatic rings. The second kappa shape index (κ2) is 4.02. The van der Waals surface area contributed by atoms with Gasteiger partial charge in [0, 0.05) is 6.42 Å². The van der Waals surface area contributed by atoms with Gasteiger partial charge >= 0.3 is 0 Å². The molecule has 1 heterocycles. The third-order valence-corrected chi connectivity index (χ3v) is 4.63. The largest absolute Gasteiger partial charge is 0.334 e. The van der Waals surface area contributed by atoms with Gasteiger partial charge in [-0.1, -0.05) is 23.4 Å². The van der Waals surface area contributed by atoms with Gasteiger partial charge in [-0.15, -0.1) is 10.2 Å². The number of halogens is 4. The molecule has 2 N–H and O–H groups in total. The predicted octanol–water partition coefficient (Wildman–Crippen LogP) is 1.28. The molecule has 1 aromatic heterocycles. The van der Waals surface area contributed by atoms with Gasteiger partial charge < -0.3 is 5.84 Å². The molecule has 0 amide bonds. The van der Waals surface area contributed by atoms with Crippen molar-refractivity contribution in [2.24, 2.45) is 0 Å². The summed E-state index contributed by atoms with van der Waals surface area (Å²) in [4.78, 5) is 11.9. The van der Waals surface area contributed by atoms with Crippen LogP contribution in [0.15, 0.2) is 9.95 Å². The van der Waals surface area contributed by atoms with Gasteiger partial charge in [0.05, 0.1) is 5.41 Å². The van der Waals surface area contributed by atoms with Crippen molar-refractivity contribution < 1.29 is 13.2 Å². The van der Waals surface area contributed by atoms with E-state index in [4.69, 9.17) is 17.4 Å². The number of nitrogen functional groups attached to an aromatic ring is 1. The van der Waals surface area contributed by atoms with Crippen molar-refractivity contribution >= 4 is 23.4 Å². The van der Waals surface area contributed by atoms with Crippen molar-refractivity contribution in [1.82, 2.24) is 14.9 Å². The van der Waals surface area contributed by atoms with E-state index in [-0.39, 0.29) is 5.16 Å². The Balaban J connectivity index is 2.57. The Hall–Kier alpha value is -0.960. The molecule has 106 valence electrons. The Kier molecular flexibility index (Phi) is 3.05. The van der Waals surface area contributed by atoms with Gasteiger partial charge in [-0.2, -0.15) is 4.68 Å². The van der Waals surface area contributed by atoms with Crippen molar-refractivity contribution in [2.75, 3.05) is 12.1 Å². The highest BCUT2D eigenvalue weighted by Crippen LogP contribution is 2.64. The number of hydrogen-bond donors (Lipinski definition) is 1. The molecule has 0 spiro atoms. The summed E-state index contributed by atoms with van der Waals surface area (Å²) in [6, 6.07) is 0. The zero-order valence-electron chi connectivity index (χ0n) is 9.95. The average molecular weight is 315 g/mol. The van der Waals surface area contributed by atoms with Gasteiger partial charge in [0.2, 0.25) is 5.16 Å². The quantitative estimate of drug-likeness (QED) is 0.505. The van der Waals surface area contributed by atoms with Crippen LogP contribution >= 0.6 is 23.4 Å². The Morgan fingerprint density at radius 1 is 1.42 bits per heavy atom. The molecule has 1 saturated carbocycles. The van der Waals surface area contributed by atoms with Crippen molar-refractivity contribution in [2.45, 2.75) is 35.0 Å². The minimum Gasteiger partial charge on any atom is -0.334 e. The molecular weight excluding hydrogens is 305 g/mol. The first-order valence-corrected chi connectivity index (χ1v) is 6.73. The van der Waals surface area contributed by atoms with Crippen LogP contribution in [0.4, 0.5) is 13.2 Å². The van der Waals surface area contributed by atoms with Crippen LogP contribution in [-0.2, 0) is 5.41 Å². The molecule has 0 bridgehead atoms. The second-order valence-electron chi connectivity index (χ2n) is 4.50. The van der Waals surface area contributed by atoms with E-state index < -0.39 is 34.1 Å². The van der Waals surface area contributed by atoms with E-state index in [1.165, 1.54) is 0 Å². The average Bonchev–Trinajstić information content (AvgIpc) is 2.31. The van der Waals surface area contributed by atoms with Crippen molar-refractivity contribution in [1.29, 1.82) is 0 Å². The third-order valence-electron chi connectivity index (χ3n) is 3.30. The first-order chi connectivity index (χ1) is 8.58. The number of aromatic nitrogens is 3. The summed E-state index contributed by atoms with van der Waals surface area (Å²) in [5, 5.41) is 3.82. The van der Waals surface area contributed by atoms with Gasteiger partial charge in [0.15, 0.2) is 0 Å². The van der Waals surface area contributed by atoms with Crippen LogP contribution in [0.1, 0.15) is 19.0 Å². The second-order valence-corrected chi connectivity index (χ2v) is 5.79. The summed E-state index contributed by atoms with van der Waals surface area (Å²) in [5.74, 6) is 1.73. The minimum atomic E-state index is -3.73. The molecule has 10 heteroatoms. The predicted molar refractivity (Wildman–Crippen MR) is 64.8 cm³/mol. The highest BCUT2D eigenvalue weighted by molar-refractivity contribution is 7.98. The topological polar surface area (TPSA) is 73.8 Å². The Bertz CT molecular complexity index is 593. The molecule has 19 heavy (non-hydrogen) atoms. The maximum absolute atomic E-state index is 14.0. The van der Waals surface area contributed by atoms with Gasteiger partial charge in [-0.25, -0.2) is 13.2 Å². The summed E-state index contributed by atoms with van der Waals surface area (Å²) in [5.41, 5.74) is -3.32. The lowest BCUT2D eigenvalue weighted by molar-refractivity contribution is -0.219. The number of rotatable bonds is 2. The van der Waals surface area contributed by atoms with Gasteiger partial charge in [-0.3, -0.25) is 4.79 Å². The number of nitrogens with zero attached hydrogens (tertiary/aromatic N) is 3. The van der Waals surface area contributed by atoms with E-state index in [0.717, 1.165) is 18.7 Å². The maximum Gasteiger partial charge on any atom is 0.297 e. The minimum absolute atomic E-state index is 0.0856. The van der Waals surface area contributed by atoms with Crippen molar-refractivity contribution in [3.63, 3.8) is 0 Å². The fourth-order valence-electron chi connectivity index (χ4n) is 2.07. The lowest BCUT2D eigenvalue weighted by Gasteiger charge is -2.52. The van der Waals surface area contributed by atoms with E-state index in [1.54, 1.807) is 6.26 Å². The van der Waals surface area contributed by atoms with Crippen molar-refractivity contribution in [3.05, 3.63) is 16.0 Å². The zero-order chi connectivity index (χ0) is 14.6. The molecule has 1 fully saturated rings. The fraction of sp³-hybridized carbons (Fsp3) is 0.667. The summed E-state index contributed by atoms with van der Waals surface area (Å²) < 4.78 is 41.0. The van der Waals surface area contributed by atoms with Crippen LogP contribution < -0.4 is 11.4 Å². The Morgan fingerprint density at radius 3 is 2.42 bits per heavy atom. The van der Waals surface area contributed by atoms with Gasteiger partial charge in [-0.05, 0) is 13.2 Å². The number of thioether (sulfide) groups is 1. The molecule has 1 aromatic rings. The first-order valence-electron chi connectivity index (χ1n) is 5.13. The molecule has 2 atom stereocenters. The molecule has 2 rings (SSSR count). The molecule has 5 nitrogen and oxygen atoms in total. The monoisotopic (exact) mass is 314 g/mol. The molecule has 1 aliphatic carbocycles. The van der Waals surface area contributed by atoms with E-state index in [1.807, 2.05) is 0 Å². The lowest BCUT2D eigenvalue weighted by atomic mass is 9.63.